The number of halogens is 1. The monoisotopic (exact) mass is 384 g/mol. The molecule has 23 heavy (non-hydrogen) atoms. The maximum Gasteiger partial charge on any atom is 0.349 e. The van der Waals surface area contributed by atoms with E-state index in [1.807, 2.05) is 0 Å². The van der Waals surface area contributed by atoms with Crippen LogP contribution in [0.25, 0.3) is 0 Å². The summed E-state index contributed by atoms with van der Waals surface area (Å²) in [6, 6.07) is 5.78. The summed E-state index contributed by atoms with van der Waals surface area (Å²) in [5.41, 5.74) is 0.403. The van der Waals surface area contributed by atoms with Crippen molar-refractivity contribution < 1.29 is 33.4 Å². The first-order chi connectivity index (χ1) is 10.9. The van der Waals surface area contributed by atoms with Crippen molar-refractivity contribution in [1.29, 1.82) is 0 Å². The van der Waals surface area contributed by atoms with Crippen LogP contribution in [-0.4, -0.2) is 35.8 Å². The molecule has 0 radical (unpaired) electrons. The number of esters is 3. The largest absolute Gasteiger partial charge is 0.463 e. The van der Waals surface area contributed by atoms with Crippen molar-refractivity contribution in [2.45, 2.75) is 6.92 Å². The lowest BCUT2D eigenvalue weighted by Gasteiger charge is -2.04. The van der Waals surface area contributed by atoms with Crippen molar-refractivity contribution in [1.82, 2.24) is 0 Å². The zero-order chi connectivity index (χ0) is 17.2. The molecule has 0 aliphatic rings. The second-order valence-corrected chi connectivity index (χ2v) is 4.69. The fraction of sp³-hybridized carbons (Fsp3) is 0.200. The fourth-order valence-electron chi connectivity index (χ4n) is 1.32. The van der Waals surface area contributed by atoms with Crippen molar-refractivity contribution in [2.24, 2.45) is 0 Å². The molecule has 0 aliphatic heterocycles. The molecule has 122 valence electrons. The highest BCUT2D eigenvalue weighted by molar-refractivity contribution is 9.18. The molecule has 7 nitrogen and oxygen atoms in total. The van der Waals surface area contributed by atoms with Gasteiger partial charge in [0.2, 0.25) is 4.69 Å². The third-order valence-corrected chi connectivity index (χ3v) is 2.75. The Balaban J connectivity index is 2.40. The molecule has 0 amide bonds. The van der Waals surface area contributed by atoms with Crippen LogP contribution in [0.15, 0.2) is 36.4 Å². The molecule has 0 aromatic heterocycles. The third kappa shape index (κ3) is 7.37. The van der Waals surface area contributed by atoms with Gasteiger partial charge in [-0.05, 0) is 47.1 Å². The van der Waals surface area contributed by atoms with E-state index in [-0.39, 0.29) is 17.0 Å². The second-order valence-electron chi connectivity index (χ2n) is 3.97. The molecule has 0 atom stereocenters. The summed E-state index contributed by atoms with van der Waals surface area (Å²) < 4.78 is 13.8. The number of hydrogen-bond acceptors (Lipinski definition) is 7. The number of rotatable bonds is 7. The molecule has 8 heteroatoms. The van der Waals surface area contributed by atoms with E-state index in [0.29, 0.717) is 5.56 Å². The summed E-state index contributed by atoms with van der Waals surface area (Å²) in [7, 11) is 0. The van der Waals surface area contributed by atoms with Crippen LogP contribution in [0.5, 0.6) is 5.75 Å². The van der Waals surface area contributed by atoms with Crippen molar-refractivity contribution in [3.05, 3.63) is 42.0 Å². The normalized spacial score (nSPS) is 10.2. The van der Waals surface area contributed by atoms with E-state index in [9.17, 15) is 19.2 Å². The Labute approximate surface area is 140 Å². The summed E-state index contributed by atoms with van der Waals surface area (Å²) >= 11 is 2.79. The molecule has 0 fully saturated rings. The molecule has 1 rings (SSSR count). The van der Waals surface area contributed by atoms with Crippen LogP contribution < -0.4 is 4.74 Å². The standard InChI is InChI=1S/C15H13BrO7/c1-2-21-12(17)7-8-13(18)22-9-14(19)23-11-5-3-10(4-6-11)15(16)20/h3-8H,2,9H2,1H3/b8-7+. The van der Waals surface area contributed by atoms with Crippen molar-refractivity contribution >= 4 is 38.5 Å². The zero-order valence-electron chi connectivity index (χ0n) is 12.1. The van der Waals surface area contributed by atoms with Crippen LogP contribution in [0.1, 0.15) is 17.3 Å². The molecule has 0 heterocycles. The van der Waals surface area contributed by atoms with E-state index in [4.69, 9.17) is 4.74 Å². The van der Waals surface area contributed by atoms with Crippen LogP contribution in [0.4, 0.5) is 0 Å². The predicted molar refractivity (Wildman–Crippen MR) is 82.1 cm³/mol. The van der Waals surface area contributed by atoms with E-state index in [1.165, 1.54) is 24.3 Å². The summed E-state index contributed by atoms with van der Waals surface area (Å²) in [4.78, 5) is 44.7. The Bertz CT molecular complexity index is 619. The molecule has 0 saturated carbocycles. The van der Waals surface area contributed by atoms with E-state index < -0.39 is 24.5 Å². The van der Waals surface area contributed by atoms with Gasteiger partial charge in [0, 0.05) is 17.7 Å². The average molecular weight is 385 g/mol. The molecule has 0 aliphatic carbocycles. The highest BCUT2D eigenvalue weighted by Gasteiger charge is 2.09. The van der Waals surface area contributed by atoms with Crippen LogP contribution in [0.3, 0.4) is 0 Å². The number of carbonyl (C=O) groups is 4. The Kier molecular flexibility index (Phi) is 7.69. The lowest BCUT2D eigenvalue weighted by atomic mass is 10.2. The van der Waals surface area contributed by atoms with Gasteiger partial charge in [-0.15, -0.1) is 0 Å². The van der Waals surface area contributed by atoms with E-state index in [2.05, 4.69) is 25.4 Å². The first-order valence-electron chi connectivity index (χ1n) is 6.44. The van der Waals surface area contributed by atoms with Crippen molar-refractivity contribution in [2.75, 3.05) is 13.2 Å². The number of hydrogen-bond donors (Lipinski definition) is 0. The molecular weight excluding hydrogens is 372 g/mol. The van der Waals surface area contributed by atoms with E-state index in [0.717, 1.165) is 12.2 Å². The average Bonchev–Trinajstić information content (AvgIpc) is 2.51. The van der Waals surface area contributed by atoms with Crippen LogP contribution in [0.2, 0.25) is 0 Å². The lowest BCUT2D eigenvalue weighted by Crippen LogP contribution is -2.18. The van der Waals surface area contributed by atoms with Gasteiger partial charge >= 0.3 is 17.9 Å². The highest BCUT2D eigenvalue weighted by Crippen LogP contribution is 2.14. The van der Waals surface area contributed by atoms with Crippen molar-refractivity contribution in [3.8, 4) is 5.75 Å². The minimum atomic E-state index is -0.879. The Morgan fingerprint density at radius 1 is 1.00 bits per heavy atom. The molecular formula is C15H13BrO7. The zero-order valence-corrected chi connectivity index (χ0v) is 13.7. The quantitative estimate of drug-likeness (QED) is 0.306. The van der Waals surface area contributed by atoms with Crippen molar-refractivity contribution in [3.63, 3.8) is 0 Å². The first kappa shape index (κ1) is 18.6. The Hall–Kier alpha value is -2.48. The summed E-state index contributed by atoms with van der Waals surface area (Å²) in [6.45, 7) is 1.19. The van der Waals surface area contributed by atoms with Crippen LogP contribution in [0, 0.1) is 0 Å². The topological polar surface area (TPSA) is 96.0 Å². The van der Waals surface area contributed by atoms with Gasteiger partial charge in [0.05, 0.1) is 6.61 Å². The van der Waals surface area contributed by atoms with Crippen LogP contribution in [-0.2, 0) is 23.9 Å². The van der Waals surface area contributed by atoms with Gasteiger partial charge in [0.15, 0.2) is 6.61 Å². The molecule has 0 spiro atoms. The predicted octanol–water partition coefficient (Wildman–Crippen LogP) is 1.79. The maximum absolute atomic E-state index is 11.5. The molecule has 0 saturated heterocycles. The summed E-state index contributed by atoms with van der Waals surface area (Å²) in [5.74, 6) is -2.17. The summed E-state index contributed by atoms with van der Waals surface area (Å²) in [5, 5.41) is 0. The number of benzene rings is 1. The molecule has 0 unspecified atom stereocenters. The lowest BCUT2D eigenvalue weighted by molar-refractivity contribution is -0.150. The Morgan fingerprint density at radius 2 is 1.57 bits per heavy atom. The molecule has 0 N–H and O–H groups in total. The maximum atomic E-state index is 11.5. The van der Waals surface area contributed by atoms with E-state index in [1.54, 1.807) is 6.92 Å². The van der Waals surface area contributed by atoms with Gasteiger partial charge in [0.1, 0.15) is 5.75 Å². The van der Waals surface area contributed by atoms with Gasteiger partial charge in [-0.1, -0.05) is 0 Å². The first-order valence-corrected chi connectivity index (χ1v) is 7.24. The molecule has 1 aromatic carbocycles. The third-order valence-electron chi connectivity index (χ3n) is 2.29. The van der Waals surface area contributed by atoms with Gasteiger partial charge in [-0.2, -0.15) is 0 Å². The van der Waals surface area contributed by atoms with Gasteiger partial charge in [0.25, 0.3) is 0 Å². The number of carbonyl (C=O) groups excluding carboxylic acids is 4. The van der Waals surface area contributed by atoms with Gasteiger partial charge in [-0.25, -0.2) is 14.4 Å². The minimum Gasteiger partial charge on any atom is -0.463 e. The Morgan fingerprint density at radius 3 is 2.09 bits per heavy atom. The second kappa shape index (κ2) is 9.52. The highest BCUT2D eigenvalue weighted by atomic mass is 79.9. The summed E-state index contributed by atoms with van der Waals surface area (Å²) in [6.07, 6.45) is 1.74. The minimum absolute atomic E-state index is 0.185. The molecule has 0 bridgehead atoms. The van der Waals surface area contributed by atoms with Crippen LogP contribution >= 0.6 is 15.9 Å². The van der Waals surface area contributed by atoms with Gasteiger partial charge in [-0.3, -0.25) is 4.79 Å². The SMILES string of the molecule is CCOC(=O)/C=C/C(=O)OCC(=O)Oc1ccc(C(=O)Br)cc1. The molecule has 1 aromatic rings. The van der Waals surface area contributed by atoms with Gasteiger partial charge < -0.3 is 14.2 Å². The number of ether oxygens (including phenoxy) is 3. The fourth-order valence-corrected chi connectivity index (χ4v) is 1.58. The smallest absolute Gasteiger partial charge is 0.349 e. The van der Waals surface area contributed by atoms with E-state index >= 15 is 0 Å².